The number of rotatable bonds is 8. The Morgan fingerprint density at radius 1 is 1.29 bits per heavy atom. The van der Waals surface area contributed by atoms with E-state index in [0.29, 0.717) is 25.8 Å². The van der Waals surface area contributed by atoms with Crippen molar-refractivity contribution in [3.05, 3.63) is 40.4 Å². The highest BCUT2D eigenvalue weighted by Gasteiger charge is 2.37. The predicted octanol–water partition coefficient (Wildman–Crippen LogP) is 1.60. The first-order chi connectivity index (χ1) is 16.3. The number of hydrogen-bond donors (Lipinski definition) is 4. The van der Waals surface area contributed by atoms with Crippen LogP contribution >= 0.6 is 0 Å². The second kappa shape index (κ2) is 13.7. The number of guanidine groups is 1. The standard InChI is InChI=1S/C16H29N5O5.C6H5NO2/c1-16(2,3)26-15(25)21-9-5-7-11(21)12(22)20-10(13(23)24)6-4-8-19-14(17)18;8-7(9)6-4-2-1-3-5-6/h10-11H,4-9H2,1-3H3,(H,20,22)(H,23,24)(H4,17,18,19);1-5H/t10?,11-;/m0./s1. The fourth-order valence-corrected chi connectivity index (χ4v) is 3.16. The maximum atomic E-state index is 12.5. The number of nitrogens with two attached hydrogens (primary N) is 2. The Labute approximate surface area is 203 Å². The third-order valence-corrected chi connectivity index (χ3v) is 4.71. The summed E-state index contributed by atoms with van der Waals surface area (Å²) in [5.74, 6) is -1.72. The van der Waals surface area contributed by atoms with Crippen LogP contribution in [0.15, 0.2) is 35.3 Å². The molecule has 0 aromatic heterocycles. The van der Waals surface area contributed by atoms with Gasteiger partial charge < -0.3 is 26.6 Å². The van der Waals surface area contributed by atoms with E-state index in [2.05, 4.69) is 10.3 Å². The molecule has 0 bridgehead atoms. The monoisotopic (exact) mass is 494 g/mol. The van der Waals surface area contributed by atoms with Crippen LogP contribution in [0.2, 0.25) is 0 Å². The number of hydrogen-bond acceptors (Lipinski definition) is 7. The molecule has 6 N–H and O–H groups in total. The first kappa shape index (κ1) is 29.1. The average Bonchev–Trinajstić information content (AvgIpc) is 3.25. The number of ether oxygens (including phenoxy) is 1. The molecule has 1 unspecified atom stereocenters. The number of aliphatic carboxylic acids is 1. The van der Waals surface area contributed by atoms with E-state index >= 15 is 0 Å². The smallest absolute Gasteiger partial charge is 0.410 e. The van der Waals surface area contributed by atoms with Gasteiger partial charge in [0.05, 0.1) is 4.92 Å². The van der Waals surface area contributed by atoms with Crippen LogP contribution in [-0.2, 0) is 14.3 Å². The Morgan fingerprint density at radius 2 is 1.91 bits per heavy atom. The van der Waals surface area contributed by atoms with Crippen molar-refractivity contribution < 1.29 is 29.2 Å². The van der Waals surface area contributed by atoms with Crippen LogP contribution in [0.4, 0.5) is 10.5 Å². The van der Waals surface area contributed by atoms with Crippen LogP contribution in [0.5, 0.6) is 0 Å². The molecular weight excluding hydrogens is 460 g/mol. The topological polar surface area (TPSA) is 203 Å². The van der Waals surface area contributed by atoms with E-state index in [4.69, 9.17) is 16.2 Å². The van der Waals surface area contributed by atoms with Crippen molar-refractivity contribution in [3.8, 4) is 0 Å². The van der Waals surface area contributed by atoms with Crippen molar-refractivity contribution in [3.63, 3.8) is 0 Å². The second-order valence-electron chi connectivity index (χ2n) is 8.77. The number of likely N-dealkylation sites (tertiary alicyclic amines) is 1. The quantitative estimate of drug-likeness (QED) is 0.136. The number of nitro groups is 1. The van der Waals surface area contributed by atoms with Gasteiger partial charge in [0.25, 0.3) is 5.69 Å². The maximum Gasteiger partial charge on any atom is 0.410 e. The van der Waals surface area contributed by atoms with Crippen molar-refractivity contribution >= 4 is 29.6 Å². The van der Waals surface area contributed by atoms with Gasteiger partial charge in [-0.15, -0.1) is 0 Å². The van der Waals surface area contributed by atoms with E-state index < -0.39 is 40.6 Å². The molecule has 1 aromatic rings. The molecule has 0 aliphatic carbocycles. The molecular formula is C22H34N6O7. The van der Waals surface area contributed by atoms with Gasteiger partial charge in [-0.25, -0.2) is 9.59 Å². The highest BCUT2D eigenvalue weighted by molar-refractivity contribution is 5.89. The first-order valence-electron chi connectivity index (χ1n) is 11.1. The zero-order valence-corrected chi connectivity index (χ0v) is 20.2. The van der Waals surface area contributed by atoms with Gasteiger partial charge >= 0.3 is 12.1 Å². The lowest BCUT2D eigenvalue weighted by atomic mass is 10.1. The molecule has 0 saturated carbocycles. The van der Waals surface area contributed by atoms with Crippen LogP contribution in [0.25, 0.3) is 0 Å². The number of benzene rings is 1. The summed E-state index contributed by atoms with van der Waals surface area (Å²) in [5.41, 5.74) is 9.89. The van der Waals surface area contributed by atoms with Crippen LogP contribution in [0, 0.1) is 10.1 Å². The van der Waals surface area contributed by atoms with Crippen LogP contribution in [0.1, 0.15) is 46.5 Å². The molecule has 1 aliphatic heterocycles. The molecule has 0 radical (unpaired) electrons. The summed E-state index contributed by atoms with van der Waals surface area (Å²) >= 11 is 0. The molecule has 1 aromatic carbocycles. The number of carbonyl (C=O) groups excluding carboxylic acids is 2. The molecule has 1 heterocycles. The molecule has 1 fully saturated rings. The lowest BCUT2D eigenvalue weighted by Gasteiger charge is -2.28. The number of non-ortho nitro benzene ring substituents is 1. The van der Waals surface area contributed by atoms with Crippen molar-refractivity contribution in [1.82, 2.24) is 10.2 Å². The molecule has 13 nitrogen and oxygen atoms in total. The van der Waals surface area contributed by atoms with E-state index in [1.54, 1.807) is 39.0 Å². The highest BCUT2D eigenvalue weighted by atomic mass is 16.6. The lowest BCUT2D eigenvalue weighted by Crippen LogP contribution is -2.51. The minimum atomic E-state index is -1.15. The Hall–Kier alpha value is -3.90. The first-order valence-corrected chi connectivity index (χ1v) is 11.1. The third kappa shape index (κ3) is 11.2. The number of aliphatic imine (C=N–C) groups is 1. The van der Waals surface area contributed by atoms with Crippen molar-refractivity contribution in [2.45, 2.75) is 64.1 Å². The Kier molecular flexibility index (Phi) is 11.4. The van der Waals surface area contributed by atoms with Gasteiger partial charge in [0.1, 0.15) is 17.7 Å². The predicted molar refractivity (Wildman–Crippen MR) is 129 cm³/mol. The fourth-order valence-electron chi connectivity index (χ4n) is 3.16. The molecule has 13 heteroatoms. The van der Waals surface area contributed by atoms with Gasteiger partial charge in [0, 0.05) is 25.2 Å². The number of para-hydroxylation sites is 1. The zero-order valence-electron chi connectivity index (χ0n) is 20.2. The number of carboxylic acids is 1. The van der Waals surface area contributed by atoms with E-state index in [-0.39, 0.29) is 24.6 Å². The number of nitrogens with zero attached hydrogens (tertiary/aromatic N) is 3. The van der Waals surface area contributed by atoms with E-state index in [0.717, 1.165) is 0 Å². The number of nitro benzene ring substituents is 1. The molecule has 2 amide bonds. The summed E-state index contributed by atoms with van der Waals surface area (Å²) in [6.07, 6.45) is 1.12. The molecule has 194 valence electrons. The molecule has 1 aliphatic rings. The van der Waals surface area contributed by atoms with Gasteiger partial charge in [-0.05, 0) is 46.5 Å². The summed E-state index contributed by atoms with van der Waals surface area (Å²) < 4.78 is 5.31. The molecule has 35 heavy (non-hydrogen) atoms. The molecule has 2 rings (SSSR count). The van der Waals surface area contributed by atoms with E-state index in [9.17, 15) is 29.6 Å². The number of carbonyl (C=O) groups is 3. The van der Waals surface area contributed by atoms with Crippen LogP contribution in [-0.4, -0.2) is 69.6 Å². The van der Waals surface area contributed by atoms with Gasteiger partial charge in [-0.2, -0.15) is 0 Å². The van der Waals surface area contributed by atoms with Gasteiger partial charge in [0.2, 0.25) is 5.91 Å². The Morgan fingerprint density at radius 3 is 2.40 bits per heavy atom. The Balaban J connectivity index is 0.000000566. The van der Waals surface area contributed by atoms with E-state index in [1.807, 2.05) is 0 Å². The van der Waals surface area contributed by atoms with Crippen LogP contribution < -0.4 is 16.8 Å². The lowest BCUT2D eigenvalue weighted by molar-refractivity contribution is -0.384. The Bertz CT molecular complexity index is 897. The van der Waals surface area contributed by atoms with Gasteiger partial charge in [0.15, 0.2) is 5.96 Å². The number of nitrogens with one attached hydrogen (secondary N) is 1. The average molecular weight is 495 g/mol. The third-order valence-electron chi connectivity index (χ3n) is 4.71. The highest BCUT2D eigenvalue weighted by Crippen LogP contribution is 2.21. The number of amides is 2. The minimum Gasteiger partial charge on any atom is -0.480 e. The minimum absolute atomic E-state index is 0.0696. The summed E-state index contributed by atoms with van der Waals surface area (Å²) in [5, 5.41) is 21.8. The molecule has 1 saturated heterocycles. The molecule has 0 spiro atoms. The zero-order chi connectivity index (χ0) is 26.6. The van der Waals surface area contributed by atoms with Gasteiger partial charge in [-0.3, -0.25) is 24.8 Å². The van der Waals surface area contributed by atoms with Gasteiger partial charge in [-0.1, -0.05) is 18.2 Å². The van der Waals surface area contributed by atoms with Crippen LogP contribution in [0.3, 0.4) is 0 Å². The van der Waals surface area contributed by atoms with Crippen molar-refractivity contribution in [2.24, 2.45) is 16.5 Å². The summed E-state index contributed by atoms with van der Waals surface area (Å²) in [4.78, 5) is 50.8. The number of carboxylic acid groups (broad SMARTS) is 1. The second-order valence-corrected chi connectivity index (χ2v) is 8.77. The van der Waals surface area contributed by atoms with Crippen molar-refractivity contribution in [1.29, 1.82) is 0 Å². The summed E-state index contributed by atoms with van der Waals surface area (Å²) in [6.45, 7) is 5.90. The summed E-state index contributed by atoms with van der Waals surface area (Å²) in [7, 11) is 0. The molecule has 2 atom stereocenters. The summed E-state index contributed by atoms with van der Waals surface area (Å²) in [6, 6.07) is 6.13. The van der Waals surface area contributed by atoms with E-state index in [1.165, 1.54) is 17.0 Å². The largest absolute Gasteiger partial charge is 0.480 e. The maximum absolute atomic E-state index is 12.5. The fraction of sp³-hybridized carbons (Fsp3) is 0.545. The SMILES string of the molecule is CC(C)(C)OC(=O)N1CCC[C@H]1C(=O)NC(CCCN=C(N)N)C(=O)O.O=[N+]([O-])c1ccccc1. The van der Waals surface area contributed by atoms with Crippen molar-refractivity contribution in [2.75, 3.05) is 13.1 Å². The normalized spacial score (nSPS) is 15.7.